The smallest absolute Gasteiger partial charge is 0.395 e. The number of alkyl halides is 2. The largest absolute Gasteiger partial charge is 0.586 e. The molecule has 1 saturated carbocycles. The molecule has 0 N–H and O–H groups in total. The van der Waals surface area contributed by atoms with Gasteiger partial charge in [0.15, 0.2) is 32.2 Å². The van der Waals surface area contributed by atoms with Crippen LogP contribution in [0.3, 0.4) is 0 Å². The fourth-order valence-corrected chi connectivity index (χ4v) is 5.85. The molecule has 0 unspecified atom stereocenters. The minimum absolute atomic E-state index is 0.00384. The number of nitrogens with zero attached hydrogens (tertiary/aromatic N) is 3. The lowest BCUT2D eigenvalue weighted by atomic mass is 10.1. The summed E-state index contributed by atoms with van der Waals surface area (Å²) in [6.07, 6.45) is -1.47. The Hall–Kier alpha value is -3.47. The third-order valence-electron chi connectivity index (χ3n) is 6.60. The summed E-state index contributed by atoms with van der Waals surface area (Å²) in [6, 6.07) is 10.4. The number of carbonyl (C=O) groups excluding carboxylic acids is 1. The normalized spacial score (nSPS) is 18.3. The van der Waals surface area contributed by atoms with Crippen molar-refractivity contribution in [2.45, 2.75) is 43.5 Å². The number of carbonyl (C=O) groups is 1. The lowest BCUT2D eigenvalue weighted by Gasteiger charge is -2.15. The number of ether oxygens (including phenoxy) is 2. The summed E-state index contributed by atoms with van der Waals surface area (Å²) in [4.78, 5) is 19.2. The lowest BCUT2D eigenvalue weighted by Crippen LogP contribution is -2.26. The summed E-state index contributed by atoms with van der Waals surface area (Å²) in [6.45, 7) is 1.48. The molecule has 35 heavy (non-hydrogen) atoms. The van der Waals surface area contributed by atoms with Crippen molar-refractivity contribution in [3.8, 4) is 22.9 Å². The third kappa shape index (κ3) is 3.48. The molecule has 3 aliphatic rings. The number of halogens is 2. The van der Waals surface area contributed by atoms with Crippen LogP contribution in [-0.2, 0) is 23.4 Å². The lowest BCUT2D eigenvalue weighted by molar-refractivity contribution is -0.286. The Labute approximate surface area is 200 Å². The van der Waals surface area contributed by atoms with Crippen LogP contribution in [-0.4, -0.2) is 35.9 Å². The molecular formula is C24H21F2N3O5S. The van der Waals surface area contributed by atoms with Gasteiger partial charge in [0, 0.05) is 18.2 Å². The van der Waals surface area contributed by atoms with Crippen molar-refractivity contribution in [1.82, 2.24) is 9.55 Å². The number of imidazole rings is 1. The highest BCUT2D eigenvalue weighted by molar-refractivity contribution is 7.91. The second-order valence-electron chi connectivity index (χ2n) is 8.94. The molecule has 11 heteroatoms. The van der Waals surface area contributed by atoms with E-state index in [-0.39, 0.29) is 40.2 Å². The van der Waals surface area contributed by atoms with Crippen molar-refractivity contribution in [2.24, 2.45) is 7.05 Å². The van der Waals surface area contributed by atoms with E-state index in [1.165, 1.54) is 46.9 Å². The number of rotatable bonds is 5. The van der Waals surface area contributed by atoms with E-state index >= 15 is 0 Å². The van der Waals surface area contributed by atoms with Crippen LogP contribution in [0.25, 0.3) is 11.4 Å². The molecule has 0 saturated heterocycles. The van der Waals surface area contributed by atoms with Gasteiger partial charge in [0.2, 0.25) is 0 Å². The molecule has 1 aliphatic carbocycles. The van der Waals surface area contributed by atoms with E-state index in [1.54, 1.807) is 7.05 Å². The van der Waals surface area contributed by atoms with E-state index in [2.05, 4.69) is 14.5 Å². The SMILES string of the molecule is CCS(=O)(=O)c1c(N2Cc3cc4c(cc3C2=O)OC(F)(F)O4)nc(-c2ccc(C3CC3)cc2)n1C. The fourth-order valence-electron chi connectivity index (χ4n) is 4.64. The Kier molecular flexibility index (Phi) is 4.57. The molecule has 0 atom stereocenters. The monoisotopic (exact) mass is 501 g/mol. The molecule has 8 nitrogen and oxygen atoms in total. The van der Waals surface area contributed by atoms with E-state index < -0.39 is 22.0 Å². The van der Waals surface area contributed by atoms with E-state index in [4.69, 9.17) is 0 Å². The first-order valence-electron chi connectivity index (χ1n) is 11.2. The Morgan fingerprint density at radius 3 is 2.40 bits per heavy atom. The molecule has 2 aromatic carbocycles. The van der Waals surface area contributed by atoms with E-state index in [0.717, 1.165) is 5.56 Å². The van der Waals surface area contributed by atoms with Crippen LogP contribution >= 0.6 is 0 Å². The molecule has 3 aromatic rings. The van der Waals surface area contributed by atoms with Gasteiger partial charge in [0.25, 0.3) is 5.91 Å². The summed E-state index contributed by atoms with van der Waals surface area (Å²) < 4.78 is 63.5. The molecule has 3 heterocycles. The maximum Gasteiger partial charge on any atom is 0.586 e. The Balaban J connectivity index is 1.43. The number of benzene rings is 2. The second kappa shape index (κ2) is 7.27. The second-order valence-corrected chi connectivity index (χ2v) is 11.1. The minimum atomic E-state index is -3.80. The predicted octanol–water partition coefficient (Wildman–Crippen LogP) is 4.24. The van der Waals surface area contributed by atoms with Crippen LogP contribution in [0.5, 0.6) is 11.5 Å². The van der Waals surface area contributed by atoms with Gasteiger partial charge >= 0.3 is 6.29 Å². The molecule has 1 aromatic heterocycles. The molecule has 6 rings (SSSR count). The number of aromatic nitrogens is 2. The Morgan fingerprint density at radius 2 is 1.77 bits per heavy atom. The van der Waals surface area contributed by atoms with Gasteiger partial charge in [-0.2, -0.15) is 0 Å². The number of sulfone groups is 1. The van der Waals surface area contributed by atoms with E-state index in [1.807, 2.05) is 24.3 Å². The highest BCUT2D eigenvalue weighted by Gasteiger charge is 2.46. The van der Waals surface area contributed by atoms with Crippen LogP contribution in [0.4, 0.5) is 14.6 Å². The van der Waals surface area contributed by atoms with Crippen LogP contribution in [0.1, 0.15) is 47.2 Å². The molecule has 1 amide bonds. The average Bonchev–Trinajstić information content (AvgIpc) is 3.45. The van der Waals surface area contributed by atoms with Gasteiger partial charge in [-0.1, -0.05) is 31.2 Å². The molecule has 0 radical (unpaired) electrons. The number of anilines is 1. The number of amides is 1. The zero-order valence-corrected chi connectivity index (χ0v) is 19.7. The van der Waals surface area contributed by atoms with Crippen LogP contribution in [0.2, 0.25) is 0 Å². The van der Waals surface area contributed by atoms with Crippen molar-refractivity contribution in [2.75, 3.05) is 10.7 Å². The fraction of sp³-hybridized carbons (Fsp3) is 0.333. The Bertz CT molecular complexity index is 1490. The van der Waals surface area contributed by atoms with E-state index in [0.29, 0.717) is 17.3 Å². The minimum Gasteiger partial charge on any atom is -0.395 e. The Morgan fingerprint density at radius 1 is 1.11 bits per heavy atom. The molecule has 182 valence electrons. The van der Waals surface area contributed by atoms with Gasteiger partial charge in [0.1, 0.15) is 5.82 Å². The molecule has 0 spiro atoms. The standard InChI is InChI=1S/C24H21F2N3O5S/c1-3-35(31,32)23-21(27-20(28(23)2)15-8-6-14(7-9-15)13-4-5-13)29-12-16-10-18-19(11-17(16)22(29)30)34-24(25,26)33-18/h6-11,13H,3-5,12H2,1-2H3. The molecule has 0 bridgehead atoms. The van der Waals surface area contributed by atoms with Crippen molar-refractivity contribution >= 4 is 21.6 Å². The average molecular weight is 502 g/mol. The van der Waals surface area contributed by atoms with E-state index in [9.17, 15) is 22.0 Å². The van der Waals surface area contributed by atoms with Crippen molar-refractivity contribution in [3.63, 3.8) is 0 Å². The van der Waals surface area contributed by atoms with Crippen LogP contribution in [0, 0.1) is 0 Å². The highest BCUT2D eigenvalue weighted by Crippen LogP contribution is 2.45. The first-order chi connectivity index (χ1) is 16.6. The van der Waals surface area contributed by atoms with Crippen molar-refractivity contribution in [3.05, 3.63) is 53.1 Å². The number of hydrogen-bond donors (Lipinski definition) is 0. The summed E-state index contributed by atoms with van der Waals surface area (Å²) in [7, 11) is -2.17. The topological polar surface area (TPSA) is 90.7 Å². The highest BCUT2D eigenvalue weighted by atomic mass is 32.2. The zero-order chi connectivity index (χ0) is 24.7. The van der Waals surface area contributed by atoms with Crippen LogP contribution in [0.15, 0.2) is 41.4 Å². The summed E-state index contributed by atoms with van der Waals surface area (Å²) in [5.41, 5.74) is 2.50. The van der Waals surface area contributed by atoms with Crippen molar-refractivity contribution in [1.29, 1.82) is 0 Å². The van der Waals surface area contributed by atoms with Gasteiger partial charge in [-0.25, -0.2) is 13.4 Å². The summed E-state index contributed by atoms with van der Waals surface area (Å²) in [5, 5.41) is -0.0750. The summed E-state index contributed by atoms with van der Waals surface area (Å²) >= 11 is 0. The van der Waals surface area contributed by atoms with Crippen molar-refractivity contribution < 1.29 is 31.5 Å². The quantitative estimate of drug-likeness (QED) is 0.520. The van der Waals surface area contributed by atoms with Crippen LogP contribution < -0.4 is 14.4 Å². The van der Waals surface area contributed by atoms with Gasteiger partial charge in [-0.15, -0.1) is 8.78 Å². The number of hydrogen-bond acceptors (Lipinski definition) is 6. The maximum absolute atomic E-state index is 13.4. The molecule has 1 fully saturated rings. The summed E-state index contributed by atoms with van der Waals surface area (Å²) in [5.74, 6) is -0.170. The molecule has 2 aliphatic heterocycles. The van der Waals surface area contributed by atoms with Gasteiger partial charge < -0.3 is 14.0 Å². The predicted molar refractivity (Wildman–Crippen MR) is 122 cm³/mol. The first kappa shape index (κ1) is 22.0. The van der Waals surface area contributed by atoms with Gasteiger partial charge in [0.05, 0.1) is 12.3 Å². The zero-order valence-electron chi connectivity index (χ0n) is 18.9. The molecular weight excluding hydrogens is 480 g/mol. The van der Waals surface area contributed by atoms with Gasteiger partial charge in [-0.3, -0.25) is 9.69 Å². The number of fused-ring (bicyclic) bond motifs is 2. The van der Waals surface area contributed by atoms with Gasteiger partial charge in [-0.05, 0) is 42.0 Å². The third-order valence-corrected chi connectivity index (χ3v) is 8.41. The first-order valence-corrected chi connectivity index (χ1v) is 12.9. The maximum atomic E-state index is 13.4.